The van der Waals surface area contributed by atoms with Crippen LogP contribution in [-0.2, 0) is 17.8 Å². The van der Waals surface area contributed by atoms with Gasteiger partial charge in [0.05, 0.1) is 17.1 Å². The summed E-state index contributed by atoms with van der Waals surface area (Å²) in [4.78, 5) is 27.1. The quantitative estimate of drug-likeness (QED) is 0.217. The molecular formula is C35H42N4O. The lowest BCUT2D eigenvalue weighted by Gasteiger charge is -2.33. The number of imidazole rings is 1. The molecule has 4 aromatic rings. The Balaban J connectivity index is 1.51. The third-order valence-electron chi connectivity index (χ3n) is 7.91. The number of fused-ring (bicyclic) bond motifs is 1. The molecule has 0 radical (unpaired) electrons. The number of carbonyl (C=O) groups is 1. The summed E-state index contributed by atoms with van der Waals surface area (Å²) < 4.78 is 0. The van der Waals surface area contributed by atoms with Gasteiger partial charge < -0.3 is 9.88 Å². The zero-order valence-electron chi connectivity index (χ0n) is 24.1. The van der Waals surface area contributed by atoms with Crippen LogP contribution in [0.5, 0.6) is 0 Å². The lowest BCUT2D eigenvalue weighted by Crippen LogP contribution is -2.38. The van der Waals surface area contributed by atoms with E-state index < -0.39 is 0 Å². The van der Waals surface area contributed by atoms with E-state index in [4.69, 9.17) is 4.98 Å². The smallest absolute Gasteiger partial charge is 0.247 e. The van der Waals surface area contributed by atoms with Crippen molar-refractivity contribution in [2.24, 2.45) is 5.92 Å². The summed E-state index contributed by atoms with van der Waals surface area (Å²) in [6.45, 7) is 10.3. The first-order valence-corrected chi connectivity index (χ1v) is 14.8. The Morgan fingerprint density at radius 2 is 1.65 bits per heavy atom. The van der Waals surface area contributed by atoms with E-state index in [1.165, 1.54) is 30.4 Å². The molecular weight excluding hydrogens is 492 g/mol. The summed E-state index contributed by atoms with van der Waals surface area (Å²) in [6, 6.07) is 24.8. The molecule has 5 heteroatoms. The molecule has 1 N–H and O–H groups in total. The standard InChI is InChI=1S/C35H42N4O/c1-26(2)24-39(34(40)20-19-28-14-6-5-13-27(28)3)33(35-36-31-17-9-10-18-32(31)37-35)23-29-15-7-8-16-30(29)25-38-21-11-4-12-22-38/h5-10,13-20,26,33H,4,11-12,21-25H2,1-3H3,(H,36,37). The molecule has 1 aromatic heterocycles. The van der Waals surface area contributed by atoms with E-state index in [1.807, 2.05) is 41.3 Å². The minimum absolute atomic E-state index is 0.0101. The highest BCUT2D eigenvalue weighted by Gasteiger charge is 2.29. The minimum atomic E-state index is -0.216. The average molecular weight is 535 g/mol. The maximum Gasteiger partial charge on any atom is 0.247 e. The Kier molecular flexibility index (Phi) is 9.12. The van der Waals surface area contributed by atoms with Crippen LogP contribution in [0.4, 0.5) is 0 Å². The molecule has 1 aliphatic heterocycles. The Morgan fingerprint density at radius 1 is 0.950 bits per heavy atom. The van der Waals surface area contributed by atoms with E-state index in [2.05, 4.69) is 73.1 Å². The molecule has 3 aromatic carbocycles. The van der Waals surface area contributed by atoms with Crippen molar-refractivity contribution < 1.29 is 4.79 Å². The highest BCUT2D eigenvalue weighted by Crippen LogP contribution is 2.29. The molecule has 5 nitrogen and oxygen atoms in total. The fraction of sp³-hybridized carbons (Fsp3) is 0.371. The molecule has 208 valence electrons. The van der Waals surface area contributed by atoms with Crippen molar-refractivity contribution in [2.45, 2.75) is 59.0 Å². The van der Waals surface area contributed by atoms with Gasteiger partial charge >= 0.3 is 0 Å². The van der Waals surface area contributed by atoms with Gasteiger partial charge in [-0.05, 0) is 79.2 Å². The monoisotopic (exact) mass is 534 g/mol. The largest absolute Gasteiger partial charge is 0.340 e. The molecule has 0 saturated carbocycles. The fourth-order valence-electron chi connectivity index (χ4n) is 5.76. The van der Waals surface area contributed by atoms with Gasteiger partial charge in [0.1, 0.15) is 5.82 Å². The average Bonchev–Trinajstić information content (AvgIpc) is 3.40. The number of hydrogen-bond donors (Lipinski definition) is 1. The first kappa shape index (κ1) is 27.9. The van der Waals surface area contributed by atoms with Gasteiger partial charge in [-0.2, -0.15) is 0 Å². The molecule has 1 fully saturated rings. The van der Waals surface area contributed by atoms with Gasteiger partial charge in [0, 0.05) is 25.6 Å². The second-order valence-corrected chi connectivity index (χ2v) is 11.5. The number of nitrogens with one attached hydrogen (secondary N) is 1. The Morgan fingerprint density at radius 3 is 2.40 bits per heavy atom. The zero-order chi connectivity index (χ0) is 27.9. The molecule has 0 aliphatic carbocycles. The van der Waals surface area contributed by atoms with Gasteiger partial charge in [-0.3, -0.25) is 9.69 Å². The number of aryl methyl sites for hydroxylation is 1. The SMILES string of the molecule is Cc1ccccc1C=CC(=O)N(CC(C)C)C(Cc1ccccc1CN1CCCCC1)c1nc2ccccc2[nH]1. The number of nitrogens with zero attached hydrogens (tertiary/aromatic N) is 3. The van der Waals surface area contributed by atoms with Crippen LogP contribution in [0.2, 0.25) is 0 Å². The summed E-state index contributed by atoms with van der Waals surface area (Å²) in [5.74, 6) is 1.16. The molecule has 1 unspecified atom stereocenters. The van der Waals surface area contributed by atoms with Crippen LogP contribution in [0, 0.1) is 12.8 Å². The number of piperidine rings is 1. The number of aromatic amines is 1. The van der Waals surface area contributed by atoms with E-state index in [-0.39, 0.29) is 11.9 Å². The minimum Gasteiger partial charge on any atom is -0.340 e. The van der Waals surface area contributed by atoms with Crippen LogP contribution in [0.1, 0.15) is 67.2 Å². The first-order chi connectivity index (χ1) is 19.5. The van der Waals surface area contributed by atoms with Crippen molar-refractivity contribution in [1.29, 1.82) is 0 Å². The third kappa shape index (κ3) is 6.89. The molecule has 0 spiro atoms. The van der Waals surface area contributed by atoms with Crippen molar-refractivity contribution in [3.63, 3.8) is 0 Å². The van der Waals surface area contributed by atoms with Crippen LogP contribution in [0.25, 0.3) is 17.1 Å². The third-order valence-corrected chi connectivity index (χ3v) is 7.91. The van der Waals surface area contributed by atoms with Crippen molar-refractivity contribution in [3.05, 3.63) is 107 Å². The highest BCUT2D eigenvalue weighted by atomic mass is 16.2. The molecule has 40 heavy (non-hydrogen) atoms. The number of amides is 1. The van der Waals surface area contributed by atoms with Crippen LogP contribution < -0.4 is 0 Å². The number of rotatable bonds is 10. The van der Waals surface area contributed by atoms with E-state index in [1.54, 1.807) is 6.08 Å². The maximum atomic E-state index is 14.0. The number of carbonyl (C=O) groups excluding carboxylic acids is 1. The molecule has 2 heterocycles. The molecule has 0 bridgehead atoms. The van der Waals surface area contributed by atoms with Gasteiger partial charge in [-0.15, -0.1) is 0 Å². The van der Waals surface area contributed by atoms with E-state index in [9.17, 15) is 4.79 Å². The van der Waals surface area contributed by atoms with Gasteiger partial charge in [-0.1, -0.05) is 80.9 Å². The molecule has 1 aliphatic rings. The van der Waals surface area contributed by atoms with E-state index in [0.29, 0.717) is 18.9 Å². The summed E-state index contributed by atoms with van der Waals surface area (Å²) in [7, 11) is 0. The van der Waals surface area contributed by atoms with E-state index >= 15 is 0 Å². The Labute approximate surface area is 238 Å². The predicted molar refractivity (Wildman–Crippen MR) is 165 cm³/mol. The predicted octanol–water partition coefficient (Wildman–Crippen LogP) is 7.34. The van der Waals surface area contributed by atoms with Crippen LogP contribution in [-0.4, -0.2) is 45.3 Å². The van der Waals surface area contributed by atoms with Gasteiger partial charge in [0.2, 0.25) is 5.91 Å². The molecule has 1 amide bonds. The summed E-state index contributed by atoms with van der Waals surface area (Å²) >= 11 is 0. The summed E-state index contributed by atoms with van der Waals surface area (Å²) in [6.07, 6.45) is 8.27. The van der Waals surface area contributed by atoms with Gasteiger partial charge in [0.25, 0.3) is 0 Å². The molecule has 1 atom stereocenters. The lowest BCUT2D eigenvalue weighted by atomic mass is 9.97. The fourth-order valence-corrected chi connectivity index (χ4v) is 5.76. The zero-order valence-corrected chi connectivity index (χ0v) is 24.1. The van der Waals surface area contributed by atoms with Gasteiger partial charge in [0.15, 0.2) is 0 Å². The number of hydrogen-bond acceptors (Lipinski definition) is 3. The molecule has 1 saturated heterocycles. The molecule has 5 rings (SSSR count). The van der Waals surface area contributed by atoms with Crippen LogP contribution >= 0.6 is 0 Å². The first-order valence-electron chi connectivity index (χ1n) is 14.8. The summed E-state index contributed by atoms with van der Waals surface area (Å²) in [5.41, 5.74) is 6.77. The lowest BCUT2D eigenvalue weighted by molar-refractivity contribution is -0.129. The topological polar surface area (TPSA) is 52.2 Å². The van der Waals surface area contributed by atoms with Crippen LogP contribution in [0.15, 0.2) is 78.9 Å². The van der Waals surface area contributed by atoms with Crippen molar-refractivity contribution >= 4 is 23.0 Å². The van der Waals surface area contributed by atoms with Crippen molar-refractivity contribution in [2.75, 3.05) is 19.6 Å². The second-order valence-electron chi connectivity index (χ2n) is 11.5. The number of benzene rings is 3. The number of likely N-dealkylation sites (tertiary alicyclic amines) is 1. The maximum absolute atomic E-state index is 14.0. The number of para-hydroxylation sites is 2. The number of aromatic nitrogens is 2. The number of H-pyrrole nitrogens is 1. The Hall–Kier alpha value is -3.70. The summed E-state index contributed by atoms with van der Waals surface area (Å²) in [5, 5.41) is 0. The van der Waals surface area contributed by atoms with E-state index in [0.717, 1.165) is 47.6 Å². The second kappa shape index (κ2) is 13.1. The van der Waals surface area contributed by atoms with Crippen molar-refractivity contribution in [1.82, 2.24) is 19.8 Å². The highest BCUT2D eigenvalue weighted by molar-refractivity contribution is 5.92. The normalized spacial score (nSPS) is 15.2. The van der Waals surface area contributed by atoms with Crippen LogP contribution in [0.3, 0.4) is 0 Å². The van der Waals surface area contributed by atoms with Gasteiger partial charge in [-0.25, -0.2) is 4.98 Å². The van der Waals surface area contributed by atoms with Crippen molar-refractivity contribution in [3.8, 4) is 0 Å². The Bertz CT molecular complexity index is 1410.